The quantitative estimate of drug-likeness (QED) is 0.659. The van der Waals surface area contributed by atoms with Crippen LogP contribution in [0.15, 0.2) is 30.3 Å². The largest absolute Gasteiger partial charge is 0.495 e. The second kappa shape index (κ2) is 9.94. The number of benzene rings is 2. The number of ether oxygens (including phenoxy) is 6. The number of carbonyl (C=O) groups excluding carboxylic acids is 2. The third-order valence-electron chi connectivity index (χ3n) is 4.88. The van der Waals surface area contributed by atoms with E-state index >= 15 is 0 Å². The van der Waals surface area contributed by atoms with Gasteiger partial charge in [-0.2, -0.15) is 0 Å². The van der Waals surface area contributed by atoms with Crippen LogP contribution < -0.4 is 29.0 Å². The second-order valence-corrected chi connectivity index (χ2v) is 8.38. The van der Waals surface area contributed by atoms with Crippen LogP contribution in [0, 0.1) is 0 Å². The molecule has 1 aliphatic rings. The second-order valence-electron chi connectivity index (χ2n) is 8.38. The Kier molecular flexibility index (Phi) is 7.24. The molecule has 0 saturated carbocycles. The number of carbonyl (C=O) groups is 2. The maximum atomic E-state index is 12.6. The minimum absolute atomic E-state index is 0.179. The van der Waals surface area contributed by atoms with Gasteiger partial charge in [0.2, 0.25) is 11.5 Å². The standard InChI is InChI=1S/C25H29NO8/c1-25(2,3)34-24(28)26-18-10-14(8-9-19(18)29-4)16-11-15(27)13-33-21-17(16)12-20(30-5)22(31-6)23(21)32-7/h8-12H,13H2,1-7H3,(H,26,28). The van der Waals surface area contributed by atoms with Gasteiger partial charge in [-0.05, 0) is 56.2 Å². The summed E-state index contributed by atoms with van der Waals surface area (Å²) in [7, 11) is 5.97. The molecule has 2 aromatic rings. The molecule has 0 unspecified atom stereocenters. The van der Waals surface area contributed by atoms with Crippen LogP contribution in [0.5, 0.6) is 28.7 Å². The summed E-state index contributed by atoms with van der Waals surface area (Å²) in [6.07, 6.45) is 0.849. The average molecular weight is 472 g/mol. The van der Waals surface area contributed by atoms with Crippen molar-refractivity contribution in [3.8, 4) is 28.7 Å². The summed E-state index contributed by atoms with van der Waals surface area (Å²) in [6.45, 7) is 5.14. The topological polar surface area (TPSA) is 102 Å². The van der Waals surface area contributed by atoms with Crippen molar-refractivity contribution >= 4 is 23.1 Å². The summed E-state index contributed by atoms with van der Waals surface area (Å²) in [5.41, 5.74) is 1.44. The van der Waals surface area contributed by atoms with Gasteiger partial charge in [-0.25, -0.2) is 4.79 Å². The number of ketones is 1. The van der Waals surface area contributed by atoms with Crippen LogP contribution in [0.4, 0.5) is 10.5 Å². The minimum atomic E-state index is -0.673. The maximum Gasteiger partial charge on any atom is 0.412 e. The highest BCUT2D eigenvalue weighted by Crippen LogP contribution is 2.50. The van der Waals surface area contributed by atoms with Crippen LogP contribution in [0.25, 0.3) is 5.57 Å². The van der Waals surface area contributed by atoms with Crippen molar-refractivity contribution in [3.63, 3.8) is 0 Å². The summed E-state index contributed by atoms with van der Waals surface area (Å²) in [6, 6.07) is 6.87. The smallest absolute Gasteiger partial charge is 0.412 e. The van der Waals surface area contributed by atoms with Crippen molar-refractivity contribution < 1.29 is 38.0 Å². The molecule has 0 radical (unpaired) electrons. The first kappa shape index (κ1) is 24.8. The highest BCUT2D eigenvalue weighted by molar-refractivity contribution is 6.04. The first-order valence-corrected chi connectivity index (χ1v) is 10.5. The highest BCUT2D eigenvalue weighted by Gasteiger charge is 2.28. The Morgan fingerprint density at radius 1 is 0.941 bits per heavy atom. The van der Waals surface area contributed by atoms with Gasteiger partial charge in [0.25, 0.3) is 0 Å². The molecule has 9 nitrogen and oxygen atoms in total. The summed E-state index contributed by atoms with van der Waals surface area (Å²) >= 11 is 0. The molecule has 2 aromatic carbocycles. The molecule has 3 rings (SSSR count). The fourth-order valence-electron chi connectivity index (χ4n) is 3.52. The van der Waals surface area contributed by atoms with E-state index in [2.05, 4.69) is 5.32 Å². The number of methoxy groups -OCH3 is 4. The van der Waals surface area contributed by atoms with E-state index in [1.807, 2.05) is 0 Å². The van der Waals surface area contributed by atoms with Crippen LogP contribution in [0.3, 0.4) is 0 Å². The van der Waals surface area contributed by atoms with Gasteiger partial charge in [0.15, 0.2) is 23.9 Å². The van der Waals surface area contributed by atoms with Crippen molar-refractivity contribution in [2.75, 3.05) is 40.4 Å². The maximum absolute atomic E-state index is 12.6. The number of nitrogens with one attached hydrogen (secondary N) is 1. The van der Waals surface area contributed by atoms with Gasteiger partial charge < -0.3 is 28.4 Å². The first-order valence-electron chi connectivity index (χ1n) is 10.5. The van der Waals surface area contributed by atoms with E-state index in [-0.39, 0.29) is 12.4 Å². The molecular formula is C25H29NO8. The lowest BCUT2D eigenvalue weighted by Crippen LogP contribution is -2.27. The average Bonchev–Trinajstić information content (AvgIpc) is 2.95. The van der Waals surface area contributed by atoms with Crippen molar-refractivity contribution in [2.45, 2.75) is 26.4 Å². The molecular weight excluding hydrogens is 442 g/mol. The van der Waals surface area contributed by atoms with Gasteiger partial charge in [0, 0.05) is 5.56 Å². The molecule has 34 heavy (non-hydrogen) atoms. The summed E-state index contributed by atoms with van der Waals surface area (Å²) in [5, 5.41) is 2.71. The van der Waals surface area contributed by atoms with Crippen molar-refractivity contribution in [1.29, 1.82) is 0 Å². The molecule has 1 heterocycles. The molecule has 1 amide bonds. The van der Waals surface area contributed by atoms with Gasteiger partial charge >= 0.3 is 6.09 Å². The van der Waals surface area contributed by atoms with E-state index in [9.17, 15) is 9.59 Å². The van der Waals surface area contributed by atoms with Crippen molar-refractivity contribution in [3.05, 3.63) is 41.5 Å². The Balaban J connectivity index is 2.16. The lowest BCUT2D eigenvalue weighted by atomic mass is 9.95. The van der Waals surface area contributed by atoms with Crippen LogP contribution >= 0.6 is 0 Å². The lowest BCUT2D eigenvalue weighted by molar-refractivity contribution is -0.116. The molecule has 0 spiro atoms. The number of hydrogen-bond donors (Lipinski definition) is 1. The zero-order valence-corrected chi connectivity index (χ0v) is 20.4. The van der Waals surface area contributed by atoms with E-state index in [0.717, 1.165) is 0 Å². The third-order valence-corrected chi connectivity index (χ3v) is 4.88. The monoisotopic (exact) mass is 471 g/mol. The Morgan fingerprint density at radius 3 is 2.21 bits per heavy atom. The van der Waals surface area contributed by atoms with Crippen LogP contribution in [0.1, 0.15) is 31.9 Å². The molecule has 0 aromatic heterocycles. The number of amides is 1. The molecule has 1 aliphatic heterocycles. The van der Waals surface area contributed by atoms with Gasteiger partial charge in [0.1, 0.15) is 11.4 Å². The summed E-state index contributed by atoms with van der Waals surface area (Å²) < 4.78 is 33.1. The minimum Gasteiger partial charge on any atom is -0.495 e. The lowest BCUT2D eigenvalue weighted by Gasteiger charge is -2.21. The predicted molar refractivity (Wildman–Crippen MR) is 127 cm³/mol. The molecule has 0 saturated heterocycles. The number of rotatable bonds is 6. The zero-order chi connectivity index (χ0) is 25.0. The molecule has 9 heteroatoms. The van der Waals surface area contributed by atoms with Gasteiger partial charge in [0.05, 0.1) is 34.1 Å². The predicted octanol–water partition coefficient (Wildman–Crippen LogP) is 4.46. The van der Waals surface area contributed by atoms with Crippen LogP contribution in [-0.4, -0.2) is 52.5 Å². The molecule has 0 fully saturated rings. The highest BCUT2D eigenvalue weighted by atomic mass is 16.6. The van der Waals surface area contributed by atoms with Gasteiger partial charge in [-0.3, -0.25) is 10.1 Å². The van der Waals surface area contributed by atoms with E-state index in [1.54, 1.807) is 45.0 Å². The Bertz CT molecular complexity index is 1130. The zero-order valence-electron chi connectivity index (χ0n) is 20.4. The van der Waals surface area contributed by atoms with E-state index < -0.39 is 11.7 Å². The fourth-order valence-corrected chi connectivity index (χ4v) is 3.52. The normalized spacial score (nSPS) is 13.0. The SMILES string of the molecule is COc1ccc(C2=CC(=O)COc3c2cc(OC)c(OC)c3OC)cc1NC(=O)OC(C)(C)C. The number of anilines is 1. The molecule has 0 bridgehead atoms. The fraction of sp³-hybridized carbons (Fsp3) is 0.360. The summed E-state index contributed by atoms with van der Waals surface area (Å²) in [5.74, 6) is 1.58. The van der Waals surface area contributed by atoms with E-state index in [4.69, 9.17) is 28.4 Å². The Labute approximate surface area is 198 Å². The van der Waals surface area contributed by atoms with Gasteiger partial charge in [-0.1, -0.05) is 6.07 Å². The molecule has 0 atom stereocenters. The number of hydrogen-bond acceptors (Lipinski definition) is 8. The van der Waals surface area contributed by atoms with Crippen molar-refractivity contribution in [2.24, 2.45) is 0 Å². The Hall–Kier alpha value is -3.88. The van der Waals surface area contributed by atoms with Crippen molar-refractivity contribution in [1.82, 2.24) is 0 Å². The first-order chi connectivity index (χ1) is 16.1. The molecule has 0 aliphatic carbocycles. The van der Waals surface area contributed by atoms with Gasteiger partial charge in [-0.15, -0.1) is 0 Å². The Morgan fingerprint density at radius 2 is 1.62 bits per heavy atom. The van der Waals surface area contributed by atoms with Crippen LogP contribution in [-0.2, 0) is 9.53 Å². The summed E-state index contributed by atoms with van der Waals surface area (Å²) in [4.78, 5) is 25.0. The van der Waals surface area contributed by atoms with E-state index in [1.165, 1.54) is 34.5 Å². The molecule has 1 N–H and O–H groups in total. The molecule has 182 valence electrons. The third kappa shape index (κ3) is 5.19. The number of fused-ring (bicyclic) bond motifs is 1. The van der Waals surface area contributed by atoms with E-state index in [0.29, 0.717) is 51.1 Å². The van der Waals surface area contributed by atoms with Crippen LogP contribution in [0.2, 0.25) is 0 Å².